The Balaban J connectivity index is 1.82. The number of nitrogens with zero attached hydrogens (tertiary/aromatic N) is 1. The summed E-state index contributed by atoms with van der Waals surface area (Å²) in [5.74, 6) is -0.144. The number of hydrogen-bond acceptors (Lipinski definition) is 4. The second-order valence-electron chi connectivity index (χ2n) is 7.50. The molecule has 1 N–H and O–H groups in total. The maximum Gasteiger partial charge on any atom is 0.416 e. The second-order valence-corrected chi connectivity index (χ2v) is 9.77. The highest BCUT2D eigenvalue weighted by atomic mass is 35.5. The lowest BCUT2D eigenvalue weighted by Crippen LogP contribution is -2.42. The summed E-state index contributed by atoms with van der Waals surface area (Å²) >= 11 is 6.10. The average Bonchev–Trinajstić information content (AvgIpc) is 2.80. The van der Waals surface area contributed by atoms with Crippen molar-refractivity contribution in [3.63, 3.8) is 0 Å². The number of ether oxygens (including phenoxy) is 1. The first-order chi connectivity index (χ1) is 16.5. The zero-order valence-corrected chi connectivity index (χ0v) is 20.1. The number of rotatable bonds is 9. The van der Waals surface area contributed by atoms with Gasteiger partial charge < -0.3 is 10.1 Å². The SMILES string of the molecule is Cc1cccc(OCCNC(=O)CN(c2cc(C(F)(F)F)ccc2Cl)S(=O)(=O)c2ccccc2)c1. The number of nitrogens with one attached hydrogen (secondary N) is 1. The van der Waals surface area contributed by atoms with Gasteiger partial charge >= 0.3 is 6.18 Å². The molecule has 0 aliphatic heterocycles. The molecule has 0 radical (unpaired) electrons. The second kappa shape index (κ2) is 11.0. The summed E-state index contributed by atoms with van der Waals surface area (Å²) in [6, 6.07) is 16.6. The van der Waals surface area contributed by atoms with Crippen LogP contribution in [0.3, 0.4) is 0 Å². The molecule has 0 aliphatic carbocycles. The van der Waals surface area contributed by atoms with Gasteiger partial charge in [0.2, 0.25) is 5.91 Å². The lowest BCUT2D eigenvalue weighted by atomic mass is 10.2. The van der Waals surface area contributed by atoms with Crippen LogP contribution in [0.2, 0.25) is 5.02 Å². The van der Waals surface area contributed by atoms with E-state index in [-0.39, 0.29) is 23.1 Å². The molecule has 0 heterocycles. The van der Waals surface area contributed by atoms with Gasteiger partial charge in [-0.1, -0.05) is 41.9 Å². The molecule has 11 heteroatoms. The van der Waals surface area contributed by atoms with E-state index in [2.05, 4.69) is 5.32 Å². The van der Waals surface area contributed by atoms with Gasteiger partial charge in [-0.25, -0.2) is 8.42 Å². The molecule has 6 nitrogen and oxygen atoms in total. The Labute approximate surface area is 206 Å². The summed E-state index contributed by atoms with van der Waals surface area (Å²) in [6.07, 6.45) is -4.74. The number of sulfonamides is 1. The number of hydrogen-bond donors (Lipinski definition) is 1. The molecule has 0 atom stereocenters. The van der Waals surface area contributed by atoms with Crippen molar-refractivity contribution in [3.05, 3.63) is 88.9 Å². The highest BCUT2D eigenvalue weighted by Gasteiger charge is 2.34. The molecule has 0 saturated heterocycles. The molecule has 1 amide bonds. The largest absolute Gasteiger partial charge is 0.492 e. The number of carbonyl (C=O) groups excluding carboxylic acids is 1. The molecule has 0 aliphatic rings. The number of halogens is 4. The first kappa shape index (κ1) is 26.4. The van der Waals surface area contributed by atoms with E-state index in [0.717, 1.165) is 17.7 Å². The third kappa shape index (κ3) is 6.89. The number of aryl methyl sites for hydroxylation is 1. The van der Waals surface area contributed by atoms with Crippen molar-refractivity contribution in [2.75, 3.05) is 24.0 Å². The van der Waals surface area contributed by atoms with Crippen molar-refractivity contribution in [2.24, 2.45) is 0 Å². The summed E-state index contributed by atoms with van der Waals surface area (Å²) in [7, 11) is -4.42. The zero-order valence-electron chi connectivity index (χ0n) is 18.5. The molecule has 186 valence electrons. The van der Waals surface area contributed by atoms with Crippen LogP contribution in [0.25, 0.3) is 0 Å². The highest BCUT2D eigenvalue weighted by Crippen LogP contribution is 2.37. The maximum atomic E-state index is 13.3. The monoisotopic (exact) mass is 526 g/mol. The summed E-state index contributed by atoms with van der Waals surface area (Å²) < 4.78 is 72.7. The molecule has 0 aromatic heterocycles. The Bertz CT molecular complexity index is 1290. The van der Waals surface area contributed by atoms with Crippen molar-refractivity contribution >= 4 is 33.2 Å². The van der Waals surface area contributed by atoms with Crippen LogP contribution in [0.15, 0.2) is 77.7 Å². The van der Waals surface area contributed by atoms with E-state index in [1.807, 2.05) is 25.1 Å². The van der Waals surface area contributed by atoms with Gasteiger partial charge in [-0.15, -0.1) is 0 Å². The number of carbonyl (C=O) groups is 1. The normalized spacial score (nSPS) is 11.7. The van der Waals surface area contributed by atoms with Crippen molar-refractivity contribution in [1.82, 2.24) is 5.32 Å². The van der Waals surface area contributed by atoms with Crippen LogP contribution in [0.5, 0.6) is 5.75 Å². The minimum atomic E-state index is -4.74. The van der Waals surface area contributed by atoms with Crippen molar-refractivity contribution < 1.29 is 31.1 Å². The molecule has 3 aromatic carbocycles. The lowest BCUT2D eigenvalue weighted by molar-refractivity contribution is -0.137. The molecule has 3 aromatic rings. The standard InChI is InChI=1S/C24H22ClF3N2O4S/c1-17-6-5-7-19(14-17)34-13-12-29-23(31)16-30(35(32,33)20-8-3-2-4-9-20)22-15-18(24(26,27)28)10-11-21(22)25/h2-11,14-15H,12-13,16H2,1H3,(H,29,31). The van der Waals surface area contributed by atoms with Crippen LogP contribution < -0.4 is 14.4 Å². The third-order valence-electron chi connectivity index (χ3n) is 4.84. The van der Waals surface area contributed by atoms with Crippen LogP contribution in [0, 0.1) is 6.92 Å². The summed E-state index contributed by atoms with van der Waals surface area (Å²) in [6.45, 7) is 1.26. The van der Waals surface area contributed by atoms with E-state index < -0.39 is 39.9 Å². The molecular formula is C24H22ClF3N2O4S. The van der Waals surface area contributed by atoms with E-state index in [9.17, 15) is 26.4 Å². The van der Waals surface area contributed by atoms with Gasteiger partial charge in [0.1, 0.15) is 18.9 Å². The predicted molar refractivity (Wildman–Crippen MR) is 127 cm³/mol. The first-order valence-corrected chi connectivity index (χ1v) is 12.2. The van der Waals surface area contributed by atoms with Gasteiger partial charge in [0.15, 0.2) is 0 Å². The van der Waals surface area contributed by atoms with Gasteiger partial charge in [-0.2, -0.15) is 13.2 Å². The Morgan fingerprint density at radius 3 is 2.40 bits per heavy atom. The quantitative estimate of drug-likeness (QED) is 0.396. The highest BCUT2D eigenvalue weighted by molar-refractivity contribution is 7.92. The summed E-state index contributed by atoms with van der Waals surface area (Å²) in [5, 5.41) is 2.26. The number of benzene rings is 3. The van der Waals surface area contributed by atoms with E-state index in [4.69, 9.17) is 16.3 Å². The van der Waals surface area contributed by atoms with Gasteiger partial charge in [0.25, 0.3) is 10.0 Å². The van der Waals surface area contributed by atoms with Crippen LogP contribution in [0.1, 0.15) is 11.1 Å². The number of anilines is 1. The molecule has 35 heavy (non-hydrogen) atoms. The number of amides is 1. The molecule has 0 fully saturated rings. The molecule has 3 rings (SSSR count). The fraction of sp³-hybridized carbons (Fsp3) is 0.208. The zero-order chi connectivity index (χ0) is 25.6. The summed E-state index contributed by atoms with van der Waals surface area (Å²) in [5.41, 5.74) is -0.570. The van der Waals surface area contributed by atoms with Crippen molar-refractivity contribution in [2.45, 2.75) is 18.0 Å². The van der Waals surface area contributed by atoms with Crippen LogP contribution in [-0.2, 0) is 21.0 Å². The molecule has 0 saturated carbocycles. The van der Waals surface area contributed by atoms with Gasteiger partial charge in [-0.05, 0) is 55.0 Å². The fourth-order valence-electron chi connectivity index (χ4n) is 3.15. The van der Waals surface area contributed by atoms with Crippen LogP contribution >= 0.6 is 11.6 Å². The molecular weight excluding hydrogens is 505 g/mol. The van der Waals surface area contributed by atoms with Gasteiger partial charge in [0, 0.05) is 0 Å². The van der Waals surface area contributed by atoms with E-state index >= 15 is 0 Å². The Kier molecular flexibility index (Phi) is 8.29. The number of alkyl halides is 3. The Morgan fingerprint density at radius 2 is 1.74 bits per heavy atom. The minimum absolute atomic E-state index is 0.0440. The van der Waals surface area contributed by atoms with E-state index in [0.29, 0.717) is 16.1 Å². The van der Waals surface area contributed by atoms with Crippen LogP contribution in [-0.4, -0.2) is 34.0 Å². The van der Waals surface area contributed by atoms with E-state index in [1.54, 1.807) is 12.1 Å². The molecule has 0 spiro atoms. The van der Waals surface area contributed by atoms with Gasteiger partial charge in [0.05, 0.1) is 27.7 Å². The fourth-order valence-corrected chi connectivity index (χ4v) is 4.87. The lowest BCUT2D eigenvalue weighted by Gasteiger charge is -2.25. The molecule has 0 bridgehead atoms. The maximum absolute atomic E-state index is 13.3. The van der Waals surface area contributed by atoms with E-state index in [1.165, 1.54) is 24.3 Å². The van der Waals surface area contributed by atoms with Gasteiger partial charge in [-0.3, -0.25) is 9.10 Å². The average molecular weight is 527 g/mol. The minimum Gasteiger partial charge on any atom is -0.492 e. The topological polar surface area (TPSA) is 75.7 Å². The predicted octanol–water partition coefficient (Wildman–Crippen LogP) is 5.06. The summed E-state index contributed by atoms with van der Waals surface area (Å²) in [4.78, 5) is 12.4. The third-order valence-corrected chi connectivity index (χ3v) is 6.94. The van der Waals surface area contributed by atoms with Crippen molar-refractivity contribution in [3.8, 4) is 5.75 Å². The van der Waals surface area contributed by atoms with Crippen molar-refractivity contribution in [1.29, 1.82) is 0 Å². The first-order valence-electron chi connectivity index (χ1n) is 10.4. The molecule has 0 unspecified atom stereocenters. The smallest absolute Gasteiger partial charge is 0.416 e. The Hall–Kier alpha value is -3.24. The Morgan fingerprint density at radius 1 is 1.03 bits per heavy atom. The van der Waals surface area contributed by atoms with Crippen LogP contribution in [0.4, 0.5) is 18.9 Å².